The van der Waals surface area contributed by atoms with Crippen molar-refractivity contribution >= 4 is 29.5 Å². The zero-order valence-corrected chi connectivity index (χ0v) is 30.8. The molecule has 0 radical (unpaired) electrons. The number of hydrogen-bond donors (Lipinski definition) is 3. The Morgan fingerprint density at radius 2 is 1.85 bits per heavy atom. The van der Waals surface area contributed by atoms with Gasteiger partial charge in [-0.2, -0.15) is 0 Å². The van der Waals surface area contributed by atoms with Gasteiger partial charge in [-0.3, -0.25) is 14.5 Å². The topological polar surface area (TPSA) is 163 Å². The Hall–Kier alpha value is -4.85. The van der Waals surface area contributed by atoms with Crippen molar-refractivity contribution in [3.63, 3.8) is 0 Å². The van der Waals surface area contributed by atoms with Crippen LogP contribution in [0.15, 0.2) is 41.1 Å². The van der Waals surface area contributed by atoms with Gasteiger partial charge in [0.25, 0.3) is 5.91 Å². The molecular formula is C38H51N7O7. The average Bonchev–Trinajstić information content (AvgIpc) is 3.53. The van der Waals surface area contributed by atoms with E-state index in [0.717, 1.165) is 36.1 Å². The fourth-order valence-corrected chi connectivity index (χ4v) is 6.64. The Morgan fingerprint density at radius 3 is 2.50 bits per heavy atom. The maximum atomic E-state index is 13.7. The predicted molar refractivity (Wildman–Crippen MR) is 194 cm³/mol. The van der Waals surface area contributed by atoms with Crippen LogP contribution in [0.2, 0.25) is 0 Å². The summed E-state index contributed by atoms with van der Waals surface area (Å²) in [6.07, 6.45) is 3.82. The van der Waals surface area contributed by atoms with Crippen LogP contribution >= 0.6 is 0 Å². The molecule has 2 aliphatic heterocycles. The first kappa shape index (κ1) is 36.9. The number of aliphatic hydroxyl groups is 1. The van der Waals surface area contributed by atoms with Gasteiger partial charge in [0.15, 0.2) is 12.2 Å². The summed E-state index contributed by atoms with van der Waals surface area (Å²) in [6.45, 7) is 11.9. The molecule has 3 amide bonds. The van der Waals surface area contributed by atoms with Gasteiger partial charge in [-0.25, -0.2) is 14.8 Å². The van der Waals surface area contributed by atoms with Crippen LogP contribution in [0.4, 0.5) is 16.4 Å². The molecule has 6 rings (SSSR count). The molecule has 3 aliphatic rings. The van der Waals surface area contributed by atoms with Gasteiger partial charge in [0.1, 0.15) is 29.6 Å². The number of pyridine rings is 1. The first-order chi connectivity index (χ1) is 24.9. The minimum Gasteiger partial charge on any atom is -0.486 e. The third-order valence-corrected chi connectivity index (χ3v) is 9.90. The van der Waals surface area contributed by atoms with Gasteiger partial charge in [-0.1, -0.05) is 13.0 Å². The molecule has 0 spiro atoms. The van der Waals surface area contributed by atoms with Crippen LogP contribution in [0.25, 0.3) is 0 Å². The number of nitrogens with zero attached hydrogens (tertiary/aromatic N) is 5. The van der Waals surface area contributed by atoms with E-state index in [-0.39, 0.29) is 31.5 Å². The SMILES string of the molecule is CCC(=O)N1CCN(c2cc(C(=O)NC[C@@H](O)C3Cc4ccc(OCc5ocnc5C)cc4CN3C(=O)OC(C)(C)C)cc(NC3CCC3)n2)CC1. The van der Waals surface area contributed by atoms with Crippen LogP contribution in [-0.4, -0.2) is 99.3 Å². The minimum absolute atomic E-state index is 0.0866. The normalized spacial score (nSPS) is 18.3. The molecule has 14 nitrogen and oxygen atoms in total. The molecule has 52 heavy (non-hydrogen) atoms. The van der Waals surface area contributed by atoms with Crippen molar-refractivity contribution in [2.75, 3.05) is 42.9 Å². The molecule has 1 aliphatic carbocycles. The van der Waals surface area contributed by atoms with Crippen molar-refractivity contribution in [2.24, 2.45) is 0 Å². The summed E-state index contributed by atoms with van der Waals surface area (Å²) >= 11 is 0. The Labute approximate surface area is 304 Å². The summed E-state index contributed by atoms with van der Waals surface area (Å²) in [7, 11) is 0. The van der Waals surface area contributed by atoms with Gasteiger partial charge in [0, 0.05) is 57.3 Å². The largest absolute Gasteiger partial charge is 0.486 e. The second-order valence-corrected chi connectivity index (χ2v) is 14.8. The number of piperazine rings is 1. The molecule has 0 bridgehead atoms. The van der Waals surface area contributed by atoms with E-state index in [0.29, 0.717) is 73.8 Å². The Balaban J connectivity index is 1.16. The number of aromatic nitrogens is 2. The molecule has 3 N–H and O–H groups in total. The molecule has 2 fully saturated rings. The van der Waals surface area contributed by atoms with E-state index in [1.807, 2.05) is 36.9 Å². The standard InChI is InChI=1S/C38H51N7O7/c1-6-35(47)44-14-12-43(13-15-44)34-19-26(18-33(42-34)41-28-8-7-9-28)36(48)39-20-31(46)30-17-25-10-11-29(50-22-32-24(2)40-23-51-32)16-27(25)21-45(30)37(49)52-38(3,4)5/h10-11,16,18-19,23,28,30-31,46H,6-9,12-15,17,20-22H2,1-5H3,(H,39,48)(H,41,42)/t30?,31-/m1/s1. The van der Waals surface area contributed by atoms with E-state index in [9.17, 15) is 19.5 Å². The molecule has 2 aromatic heterocycles. The number of rotatable bonds is 11. The van der Waals surface area contributed by atoms with E-state index in [1.54, 1.807) is 32.9 Å². The van der Waals surface area contributed by atoms with Crippen LogP contribution in [0, 0.1) is 6.92 Å². The van der Waals surface area contributed by atoms with Gasteiger partial charge in [0.05, 0.1) is 17.8 Å². The lowest BCUT2D eigenvalue weighted by molar-refractivity contribution is -0.131. The number of carbonyl (C=O) groups is 3. The zero-order valence-electron chi connectivity index (χ0n) is 30.8. The lowest BCUT2D eigenvalue weighted by Crippen LogP contribution is -2.54. The number of carbonyl (C=O) groups excluding carboxylic acids is 3. The average molecular weight is 718 g/mol. The number of nitrogens with one attached hydrogen (secondary N) is 2. The van der Waals surface area contributed by atoms with E-state index >= 15 is 0 Å². The van der Waals surface area contributed by atoms with Gasteiger partial charge < -0.3 is 39.4 Å². The summed E-state index contributed by atoms with van der Waals surface area (Å²) in [6, 6.07) is 8.85. The van der Waals surface area contributed by atoms with Crippen LogP contribution in [-0.2, 0) is 29.1 Å². The van der Waals surface area contributed by atoms with Crippen LogP contribution in [0.5, 0.6) is 5.75 Å². The quantitative estimate of drug-likeness (QED) is 0.257. The number of benzene rings is 1. The predicted octanol–water partition coefficient (Wildman–Crippen LogP) is 4.43. The van der Waals surface area contributed by atoms with Crippen molar-refractivity contribution in [1.29, 1.82) is 0 Å². The number of oxazole rings is 1. The molecule has 4 heterocycles. The zero-order chi connectivity index (χ0) is 37.0. The Bertz CT molecular complexity index is 1740. The maximum Gasteiger partial charge on any atom is 0.410 e. The second kappa shape index (κ2) is 15.8. The number of anilines is 2. The number of amides is 3. The van der Waals surface area contributed by atoms with Crippen LogP contribution in [0.1, 0.15) is 86.3 Å². The van der Waals surface area contributed by atoms with Crippen molar-refractivity contribution in [1.82, 2.24) is 25.1 Å². The third-order valence-electron chi connectivity index (χ3n) is 9.90. The van der Waals surface area contributed by atoms with Crippen LogP contribution < -0.4 is 20.3 Å². The third kappa shape index (κ3) is 8.95. The van der Waals surface area contributed by atoms with E-state index in [2.05, 4.69) is 20.5 Å². The molecule has 280 valence electrons. The highest BCUT2D eigenvalue weighted by molar-refractivity contribution is 5.95. The van der Waals surface area contributed by atoms with E-state index < -0.39 is 23.8 Å². The van der Waals surface area contributed by atoms with Crippen LogP contribution in [0.3, 0.4) is 0 Å². The molecule has 1 aromatic carbocycles. The van der Waals surface area contributed by atoms with Crippen molar-refractivity contribution in [2.45, 2.75) is 104 Å². The maximum absolute atomic E-state index is 13.7. The number of aliphatic hydroxyl groups excluding tert-OH is 1. The molecule has 2 atom stereocenters. The first-order valence-corrected chi connectivity index (χ1v) is 18.3. The minimum atomic E-state index is -1.09. The molecule has 1 saturated carbocycles. The Kier molecular flexibility index (Phi) is 11.2. The highest BCUT2D eigenvalue weighted by atomic mass is 16.6. The fourth-order valence-electron chi connectivity index (χ4n) is 6.64. The van der Waals surface area contributed by atoms with Crippen molar-refractivity contribution < 1.29 is 33.4 Å². The van der Waals surface area contributed by atoms with Gasteiger partial charge >= 0.3 is 6.09 Å². The molecule has 3 aromatic rings. The van der Waals surface area contributed by atoms with E-state index in [1.165, 1.54) is 11.3 Å². The first-order valence-electron chi connectivity index (χ1n) is 18.3. The summed E-state index contributed by atoms with van der Waals surface area (Å²) in [5.41, 5.74) is 2.26. The number of ether oxygens (including phenoxy) is 2. The van der Waals surface area contributed by atoms with E-state index in [4.69, 9.17) is 18.9 Å². The highest BCUT2D eigenvalue weighted by Gasteiger charge is 2.37. The summed E-state index contributed by atoms with van der Waals surface area (Å²) < 4.78 is 17.1. The lowest BCUT2D eigenvalue weighted by Gasteiger charge is -2.40. The summed E-state index contributed by atoms with van der Waals surface area (Å²) in [5, 5.41) is 18.0. The molecule has 1 saturated heterocycles. The van der Waals surface area contributed by atoms with Crippen molar-refractivity contribution in [3.05, 3.63) is 64.9 Å². The fraction of sp³-hybridized carbons (Fsp3) is 0.553. The summed E-state index contributed by atoms with van der Waals surface area (Å²) in [5.74, 6) is 2.31. The molecule has 14 heteroatoms. The van der Waals surface area contributed by atoms with Gasteiger partial charge in [0.2, 0.25) is 5.91 Å². The highest BCUT2D eigenvalue weighted by Crippen LogP contribution is 2.31. The number of aryl methyl sites for hydroxylation is 1. The van der Waals surface area contributed by atoms with Gasteiger partial charge in [-0.05, 0) is 88.8 Å². The summed E-state index contributed by atoms with van der Waals surface area (Å²) in [4.78, 5) is 53.9. The number of fused-ring (bicyclic) bond motifs is 1. The Morgan fingerprint density at radius 1 is 1.08 bits per heavy atom. The molecular weight excluding hydrogens is 666 g/mol. The molecule has 1 unspecified atom stereocenters. The van der Waals surface area contributed by atoms with Crippen molar-refractivity contribution in [3.8, 4) is 5.75 Å². The smallest absolute Gasteiger partial charge is 0.410 e. The number of hydrogen-bond acceptors (Lipinski definition) is 11. The monoisotopic (exact) mass is 717 g/mol. The lowest BCUT2D eigenvalue weighted by atomic mass is 9.91. The van der Waals surface area contributed by atoms with Gasteiger partial charge in [-0.15, -0.1) is 0 Å². The second-order valence-electron chi connectivity index (χ2n) is 14.8.